The van der Waals surface area contributed by atoms with Gasteiger partial charge >= 0.3 is 0 Å². The molecule has 0 saturated heterocycles. The molecule has 3 aromatic carbocycles. The van der Waals surface area contributed by atoms with Crippen molar-refractivity contribution in [1.29, 1.82) is 0 Å². The third kappa shape index (κ3) is 24.1. The molecular formula is C94H144N8S. The number of hydrogen-bond donors (Lipinski definition) is 2. The molecule has 6 heterocycles. The lowest BCUT2D eigenvalue weighted by molar-refractivity contribution is 0.606. The summed E-state index contributed by atoms with van der Waals surface area (Å²) < 4.78 is 0. The fourth-order valence-corrected chi connectivity index (χ4v) is 18.3. The van der Waals surface area contributed by atoms with Crippen LogP contribution >= 0.6 is 11.3 Å². The molecular weight excluding hydrogens is 1270 g/mol. The Hall–Kier alpha value is -5.28. The highest BCUT2D eigenvalue weighted by Crippen LogP contribution is 2.48. The Balaban J connectivity index is 1.41. The molecule has 9 rings (SSSR count). The summed E-state index contributed by atoms with van der Waals surface area (Å²) in [7, 11) is 0. The van der Waals surface area contributed by atoms with Crippen LogP contribution < -0.4 is 0 Å². The van der Waals surface area contributed by atoms with Gasteiger partial charge in [0.15, 0.2) is 23.3 Å². The fraction of sp³-hybridized carbons (Fsp3) is 0.681. The molecule has 4 aromatic heterocycles. The second kappa shape index (κ2) is 46.7. The number of hydrogen-bond acceptors (Lipinski definition) is 7. The molecule has 8 bridgehead atoms. The zero-order chi connectivity index (χ0) is 72.1. The van der Waals surface area contributed by atoms with E-state index in [9.17, 15) is 0 Å². The Labute approximate surface area is 631 Å². The number of fused-ring (bicyclic) bond motifs is 20. The molecule has 0 saturated carbocycles. The average molecular weight is 1420 g/mol. The Morgan fingerprint density at radius 1 is 0.204 bits per heavy atom. The summed E-state index contributed by atoms with van der Waals surface area (Å²) in [5.41, 5.74) is 16.7. The summed E-state index contributed by atoms with van der Waals surface area (Å²) in [6.07, 6.45) is 68.5. The average Bonchev–Trinajstić information content (AvgIpc) is 1.62. The van der Waals surface area contributed by atoms with E-state index in [0.29, 0.717) is 0 Å². The maximum atomic E-state index is 6.13. The van der Waals surface area contributed by atoms with E-state index in [1.165, 1.54) is 357 Å². The number of rotatable bonds is 56. The number of H-pyrrole nitrogens is 2. The number of benzene rings is 3. The Kier molecular flexibility index (Phi) is 37.1. The van der Waals surface area contributed by atoms with E-state index in [1.807, 2.05) is 0 Å². The summed E-state index contributed by atoms with van der Waals surface area (Å²) in [5, 5.41) is 4.95. The van der Waals surface area contributed by atoms with Gasteiger partial charge in [-0.2, -0.15) is 0 Å². The summed E-state index contributed by atoms with van der Waals surface area (Å²) in [5.74, 6) is 3.26. The van der Waals surface area contributed by atoms with E-state index < -0.39 is 0 Å². The molecule has 0 fully saturated rings. The second-order valence-corrected chi connectivity index (χ2v) is 33.0. The van der Waals surface area contributed by atoms with Gasteiger partial charge in [0.25, 0.3) is 0 Å². The molecule has 9 heteroatoms. The van der Waals surface area contributed by atoms with E-state index in [-0.39, 0.29) is 0 Å². The molecule has 0 radical (unpaired) electrons. The second-order valence-electron chi connectivity index (χ2n) is 31.9. The molecule has 0 unspecified atom stereocenters. The van der Waals surface area contributed by atoms with Crippen LogP contribution in [0.25, 0.3) is 89.7 Å². The van der Waals surface area contributed by atoms with Gasteiger partial charge in [0.05, 0.1) is 0 Å². The highest BCUT2D eigenvalue weighted by Gasteiger charge is 2.32. The lowest BCUT2D eigenvalue weighted by Gasteiger charge is -2.13. The van der Waals surface area contributed by atoms with Crippen molar-refractivity contribution in [3.8, 4) is 45.6 Å². The third-order valence-electron chi connectivity index (χ3n) is 23.1. The first-order valence-corrected chi connectivity index (χ1v) is 45.1. The van der Waals surface area contributed by atoms with E-state index in [1.54, 1.807) is 0 Å². The molecule has 2 N–H and O–H groups in total. The number of thiophene rings is 1. The SMILES string of the molecule is CCCCCCCCc1ccc(CCCCCCCC)c2c1-c1nc-2nc2[nH]c(nc3nc(nc4[nH]c(n1)c1c(CCCCCCCC)ccc(CCCCCCCC)c41)-c1c(CCCCCCCC)sc(CCCCCCCC)c1-3)c1c(CCCCCCCC)ccc(CCCCCCCC)c21. The first-order chi connectivity index (χ1) is 50.9. The zero-order valence-electron chi connectivity index (χ0n) is 67.2. The number of aromatic amines is 2. The van der Waals surface area contributed by atoms with Gasteiger partial charge in [0.1, 0.15) is 22.6 Å². The van der Waals surface area contributed by atoms with Gasteiger partial charge in [-0.15, -0.1) is 11.3 Å². The molecule has 0 amide bonds. The van der Waals surface area contributed by atoms with Gasteiger partial charge in [-0.1, -0.05) is 349 Å². The van der Waals surface area contributed by atoms with Crippen LogP contribution in [-0.2, 0) is 51.4 Å². The highest BCUT2D eigenvalue weighted by atomic mass is 32.1. The van der Waals surface area contributed by atoms with Crippen molar-refractivity contribution < 1.29 is 0 Å². The van der Waals surface area contributed by atoms with Gasteiger partial charge in [0.2, 0.25) is 0 Å². The normalized spacial score (nSPS) is 12.1. The number of nitrogens with zero attached hydrogens (tertiary/aromatic N) is 6. The Bertz CT molecular complexity index is 3530. The lowest BCUT2D eigenvalue weighted by Crippen LogP contribution is -1.98. The van der Waals surface area contributed by atoms with Crippen molar-refractivity contribution >= 4 is 55.5 Å². The van der Waals surface area contributed by atoms with Crippen molar-refractivity contribution in [2.75, 3.05) is 0 Å². The summed E-state index contributed by atoms with van der Waals surface area (Å²) in [6.45, 7) is 18.7. The van der Waals surface area contributed by atoms with Crippen molar-refractivity contribution in [3.63, 3.8) is 0 Å². The van der Waals surface area contributed by atoms with Gasteiger partial charge in [-0.05, 0) is 136 Å². The lowest BCUT2D eigenvalue weighted by atomic mass is 9.91. The van der Waals surface area contributed by atoms with Gasteiger partial charge in [0, 0.05) is 53.6 Å². The monoisotopic (exact) mass is 1420 g/mol. The predicted molar refractivity (Wildman–Crippen MR) is 451 cm³/mol. The zero-order valence-corrected chi connectivity index (χ0v) is 68.0. The van der Waals surface area contributed by atoms with E-state index in [4.69, 9.17) is 29.9 Å². The molecule has 8 nitrogen and oxygen atoms in total. The molecule has 7 aromatic rings. The molecule has 103 heavy (non-hydrogen) atoms. The summed E-state index contributed by atoms with van der Waals surface area (Å²) >= 11 is 2.07. The maximum absolute atomic E-state index is 6.13. The van der Waals surface area contributed by atoms with E-state index >= 15 is 0 Å². The van der Waals surface area contributed by atoms with Crippen molar-refractivity contribution in [1.82, 2.24) is 39.9 Å². The molecule has 566 valence electrons. The highest BCUT2D eigenvalue weighted by molar-refractivity contribution is 7.13. The standard InChI is InChI=1S/C94H144N8S/c1-9-17-25-33-41-49-57-71-65-66-72(58-50-42-34-26-18-10-2)80-79(71)87-95-88(80)97-90-82-74(60-52-44-36-28-20-12-4)68-70-76(62-54-46-38-30-22-14-6)84(82)92(99-90)101-94-86-78(64-56-48-40-32-24-16-8)103-77(63-55-47-39-31-23-15-7)85(86)93(102-94)100-91-83-75(61-53-45-37-29-21-13-5)69-67-73(81(83)89(96-87)98-91)59-51-43-35-27-19-11-3/h65-70H,9-64H2,1-8H3,(H2,95,96,97,98,99,100,101,102). The smallest absolute Gasteiger partial charge is 0.165 e. The van der Waals surface area contributed by atoms with Crippen LogP contribution in [0, 0.1) is 0 Å². The largest absolute Gasteiger partial charge is 0.324 e. The van der Waals surface area contributed by atoms with Crippen LogP contribution in [0.4, 0.5) is 0 Å². The summed E-state index contributed by atoms with van der Waals surface area (Å²) in [4.78, 5) is 47.7. The number of aromatic nitrogens is 8. The number of aryl methyl sites for hydroxylation is 8. The number of unbranched alkanes of at least 4 members (excludes halogenated alkanes) is 40. The Morgan fingerprint density at radius 2 is 0.388 bits per heavy atom. The van der Waals surface area contributed by atoms with Gasteiger partial charge in [-0.3, -0.25) is 0 Å². The minimum atomic E-state index is 0.805. The minimum Gasteiger partial charge on any atom is -0.324 e. The topological polar surface area (TPSA) is 109 Å². The Morgan fingerprint density at radius 3 is 0.621 bits per heavy atom. The van der Waals surface area contributed by atoms with Crippen LogP contribution in [0.3, 0.4) is 0 Å². The quantitative estimate of drug-likeness (QED) is 0.0368. The predicted octanol–water partition coefficient (Wildman–Crippen LogP) is 30.2. The molecule has 0 atom stereocenters. The fourth-order valence-electron chi connectivity index (χ4n) is 17.0. The molecule has 2 aliphatic rings. The number of nitrogens with one attached hydrogen (secondary N) is 2. The van der Waals surface area contributed by atoms with Crippen molar-refractivity contribution in [2.24, 2.45) is 0 Å². The molecule has 0 spiro atoms. The first-order valence-electron chi connectivity index (χ1n) is 44.3. The maximum Gasteiger partial charge on any atom is 0.165 e. The third-order valence-corrected chi connectivity index (χ3v) is 24.4. The molecule has 2 aliphatic heterocycles. The summed E-state index contributed by atoms with van der Waals surface area (Å²) in [6, 6.07) is 15.0. The van der Waals surface area contributed by atoms with Crippen LogP contribution in [0.5, 0.6) is 0 Å². The first kappa shape index (κ1) is 81.8. The van der Waals surface area contributed by atoms with E-state index in [2.05, 4.69) is 113 Å². The van der Waals surface area contributed by atoms with Crippen LogP contribution in [0.2, 0.25) is 0 Å². The van der Waals surface area contributed by atoms with Gasteiger partial charge in [-0.25, -0.2) is 29.9 Å². The van der Waals surface area contributed by atoms with Gasteiger partial charge < -0.3 is 9.97 Å². The van der Waals surface area contributed by atoms with Crippen LogP contribution in [0.15, 0.2) is 36.4 Å². The van der Waals surface area contributed by atoms with E-state index in [0.717, 1.165) is 136 Å². The minimum absolute atomic E-state index is 0.805. The van der Waals surface area contributed by atoms with Crippen LogP contribution in [-0.4, -0.2) is 39.9 Å². The van der Waals surface area contributed by atoms with Crippen molar-refractivity contribution in [3.05, 3.63) is 79.5 Å². The van der Waals surface area contributed by atoms with Crippen LogP contribution in [0.1, 0.15) is 407 Å². The molecule has 0 aliphatic carbocycles. The van der Waals surface area contributed by atoms with Crippen molar-refractivity contribution in [2.45, 2.75) is 415 Å².